The Morgan fingerprint density at radius 3 is 2.73 bits per heavy atom. The molecule has 0 aliphatic carbocycles. The molecule has 6 nitrogen and oxygen atoms in total. The number of fused-ring (bicyclic) bond motifs is 2. The monoisotopic (exact) mass is 289 g/mol. The summed E-state index contributed by atoms with van der Waals surface area (Å²) in [4.78, 5) is 27.4. The highest BCUT2D eigenvalue weighted by molar-refractivity contribution is 5.94. The van der Waals surface area contributed by atoms with Crippen LogP contribution >= 0.6 is 0 Å². The fraction of sp³-hybridized carbons (Fsp3) is 0. The zero-order valence-corrected chi connectivity index (χ0v) is 11.4. The SMILES string of the molecule is O=CNc1cccc2[nH]c(-c3cnc4ccccc4n3)nc12. The molecule has 0 radical (unpaired) electrons. The Kier molecular flexibility index (Phi) is 2.79. The van der Waals surface area contributed by atoms with Gasteiger partial charge in [0.1, 0.15) is 11.2 Å². The van der Waals surface area contributed by atoms with E-state index in [1.165, 1.54) is 0 Å². The van der Waals surface area contributed by atoms with Gasteiger partial charge in [-0.15, -0.1) is 0 Å². The minimum Gasteiger partial charge on any atom is -0.337 e. The van der Waals surface area contributed by atoms with Crippen molar-refractivity contribution in [3.8, 4) is 11.5 Å². The first-order valence-corrected chi connectivity index (χ1v) is 6.76. The van der Waals surface area contributed by atoms with Crippen LogP contribution in [0.3, 0.4) is 0 Å². The molecule has 0 spiro atoms. The molecule has 106 valence electrons. The number of anilines is 1. The third-order valence-electron chi connectivity index (χ3n) is 3.42. The molecule has 0 saturated heterocycles. The van der Waals surface area contributed by atoms with Gasteiger partial charge in [-0.25, -0.2) is 9.97 Å². The highest BCUT2D eigenvalue weighted by Crippen LogP contribution is 2.25. The molecular formula is C16H11N5O. The van der Waals surface area contributed by atoms with E-state index in [9.17, 15) is 4.79 Å². The Morgan fingerprint density at radius 1 is 1.00 bits per heavy atom. The molecule has 2 aromatic heterocycles. The molecule has 4 rings (SSSR count). The Labute approximate surface area is 125 Å². The number of nitrogens with one attached hydrogen (secondary N) is 2. The molecule has 4 aromatic rings. The van der Waals surface area contributed by atoms with E-state index in [0.29, 0.717) is 29.1 Å². The highest BCUT2D eigenvalue weighted by atomic mass is 16.1. The second kappa shape index (κ2) is 4.92. The van der Waals surface area contributed by atoms with Gasteiger partial charge in [-0.3, -0.25) is 9.78 Å². The second-order valence-electron chi connectivity index (χ2n) is 4.79. The van der Waals surface area contributed by atoms with Crippen LogP contribution in [0, 0.1) is 0 Å². The van der Waals surface area contributed by atoms with Crippen molar-refractivity contribution in [1.82, 2.24) is 19.9 Å². The zero-order valence-electron chi connectivity index (χ0n) is 11.4. The van der Waals surface area contributed by atoms with Crippen LogP contribution in [0.4, 0.5) is 5.69 Å². The molecule has 1 amide bonds. The topological polar surface area (TPSA) is 83.6 Å². The van der Waals surface area contributed by atoms with Crippen molar-refractivity contribution in [2.24, 2.45) is 0 Å². The Bertz CT molecular complexity index is 992. The molecule has 6 heteroatoms. The van der Waals surface area contributed by atoms with Crippen LogP contribution < -0.4 is 5.32 Å². The zero-order chi connectivity index (χ0) is 14.9. The van der Waals surface area contributed by atoms with E-state index in [1.807, 2.05) is 36.4 Å². The lowest BCUT2D eigenvalue weighted by Gasteiger charge is -1.99. The van der Waals surface area contributed by atoms with Crippen LogP contribution in [0.25, 0.3) is 33.6 Å². The van der Waals surface area contributed by atoms with Crippen LogP contribution in [-0.4, -0.2) is 26.3 Å². The Hall–Kier alpha value is -3.28. The molecule has 0 fully saturated rings. The number of aromatic nitrogens is 4. The van der Waals surface area contributed by atoms with Crippen LogP contribution in [0.1, 0.15) is 0 Å². The maximum Gasteiger partial charge on any atom is 0.211 e. The summed E-state index contributed by atoms with van der Waals surface area (Å²) in [6.45, 7) is 0. The van der Waals surface area contributed by atoms with Gasteiger partial charge in [-0.2, -0.15) is 0 Å². The van der Waals surface area contributed by atoms with Crippen LogP contribution in [-0.2, 0) is 4.79 Å². The molecule has 2 aromatic carbocycles. The van der Waals surface area contributed by atoms with Gasteiger partial charge >= 0.3 is 0 Å². The molecule has 0 aliphatic rings. The first-order chi connectivity index (χ1) is 10.8. The van der Waals surface area contributed by atoms with Gasteiger partial charge in [-0.1, -0.05) is 18.2 Å². The van der Waals surface area contributed by atoms with Crippen molar-refractivity contribution >= 4 is 34.2 Å². The summed E-state index contributed by atoms with van der Waals surface area (Å²) in [5, 5.41) is 2.65. The lowest BCUT2D eigenvalue weighted by atomic mass is 10.3. The standard InChI is InChI=1S/C16H11N5O/c22-9-18-12-6-3-7-13-15(12)21-16(20-13)14-8-17-10-4-1-2-5-11(10)19-14/h1-9H,(H,18,22)(H,20,21). The van der Waals surface area contributed by atoms with Crippen molar-refractivity contribution in [3.63, 3.8) is 0 Å². The second-order valence-corrected chi connectivity index (χ2v) is 4.79. The number of H-pyrrole nitrogens is 1. The van der Waals surface area contributed by atoms with Gasteiger partial charge in [0, 0.05) is 0 Å². The third kappa shape index (κ3) is 1.98. The van der Waals surface area contributed by atoms with Crippen LogP contribution in [0.2, 0.25) is 0 Å². The number of nitrogens with zero attached hydrogens (tertiary/aromatic N) is 3. The van der Waals surface area contributed by atoms with E-state index < -0.39 is 0 Å². The molecule has 22 heavy (non-hydrogen) atoms. The largest absolute Gasteiger partial charge is 0.337 e. The number of carbonyl (C=O) groups is 1. The molecule has 0 unspecified atom stereocenters. The van der Waals surface area contributed by atoms with Crippen molar-refractivity contribution in [3.05, 3.63) is 48.7 Å². The average Bonchev–Trinajstić information content (AvgIpc) is 3.00. The minimum atomic E-state index is 0.619. The maximum atomic E-state index is 10.7. The molecule has 2 heterocycles. The van der Waals surface area contributed by atoms with E-state index in [0.717, 1.165) is 16.6 Å². The molecule has 0 aliphatic heterocycles. The van der Waals surface area contributed by atoms with Gasteiger partial charge in [-0.05, 0) is 24.3 Å². The first-order valence-electron chi connectivity index (χ1n) is 6.76. The summed E-state index contributed by atoms with van der Waals surface area (Å²) < 4.78 is 0. The van der Waals surface area contributed by atoms with Gasteiger partial charge in [0.05, 0.1) is 28.4 Å². The van der Waals surface area contributed by atoms with Gasteiger partial charge in [0.2, 0.25) is 6.41 Å². The van der Waals surface area contributed by atoms with Crippen molar-refractivity contribution < 1.29 is 4.79 Å². The summed E-state index contributed by atoms with van der Waals surface area (Å²) in [7, 11) is 0. The van der Waals surface area contributed by atoms with Crippen molar-refractivity contribution in [2.45, 2.75) is 0 Å². The van der Waals surface area contributed by atoms with Gasteiger partial charge in [0.15, 0.2) is 5.82 Å². The first kappa shape index (κ1) is 12.5. The average molecular weight is 289 g/mol. The summed E-state index contributed by atoms with van der Waals surface area (Å²) in [5.41, 5.74) is 4.49. The highest BCUT2D eigenvalue weighted by Gasteiger charge is 2.10. The summed E-state index contributed by atoms with van der Waals surface area (Å²) in [6.07, 6.45) is 2.33. The third-order valence-corrected chi connectivity index (χ3v) is 3.42. The molecule has 0 saturated carbocycles. The fourth-order valence-corrected chi connectivity index (χ4v) is 2.40. The van der Waals surface area contributed by atoms with E-state index in [4.69, 9.17) is 0 Å². The van der Waals surface area contributed by atoms with E-state index in [2.05, 4.69) is 25.3 Å². The fourth-order valence-electron chi connectivity index (χ4n) is 2.40. The normalized spacial score (nSPS) is 10.9. The summed E-state index contributed by atoms with van der Waals surface area (Å²) in [5.74, 6) is 0.619. The number of hydrogen-bond acceptors (Lipinski definition) is 4. The molecule has 0 bridgehead atoms. The van der Waals surface area contributed by atoms with Gasteiger partial charge < -0.3 is 10.3 Å². The van der Waals surface area contributed by atoms with Crippen LogP contribution in [0.15, 0.2) is 48.7 Å². The number of imidazole rings is 1. The lowest BCUT2D eigenvalue weighted by molar-refractivity contribution is -0.105. The van der Waals surface area contributed by atoms with Crippen LogP contribution in [0.5, 0.6) is 0 Å². The van der Waals surface area contributed by atoms with Crippen molar-refractivity contribution in [2.75, 3.05) is 5.32 Å². The number of aromatic amines is 1. The maximum absolute atomic E-state index is 10.7. The number of para-hydroxylation sites is 3. The predicted octanol–water partition coefficient (Wildman–Crippen LogP) is 2.74. The lowest BCUT2D eigenvalue weighted by Crippen LogP contribution is -1.94. The smallest absolute Gasteiger partial charge is 0.211 e. The molecule has 2 N–H and O–H groups in total. The number of rotatable bonds is 3. The summed E-state index contributed by atoms with van der Waals surface area (Å²) in [6, 6.07) is 13.2. The number of hydrogen-bond donors (Lipinski definition) is 2. The van der Waals surface area contributed by atoms with Crippen molar-refractivity contribution in [1.29, 1.82) is 0 Å². The molecule has 0 atom stereocenters. The number of carbonyl (C=O) groups excluding carboxylic acids is 1. The minimum absolute atomic E-state index is 0.619. The van der Waals surface area contributed by atoms with E-state index in [-0.39, 0.29) is 0 Å². The van der Waals surface area contributed by atoms with E-state index in [1.54, 1.807) is 12.3 Å². The van der Waals surface area contributed by atoms with E-state index >= 15 is 0 Å². The predicted molar refractivity (Wildman–Crippen MR) is 84.3 cm³/mol. The Morgan fingerprint density at radius 2 is 1.86 bits per heavy atom. The number of amides is 1. The quantitative estimate of drug-likeness (QED) is 0.568. The molecular weight excluding hydrogens is 278 g/mol. The number of benzene rings is 2. The summed E-state index contributed by atoms with van der Waals surface area (Å²) >= 11 is 0. The Balaban J connectivity index is 1.88. The van der Waals surface area contributed by atoms with Gasteiger partial charge in [0.25, 0.3) is 0 Å².